The molecule has 1 spiro atoms. The fourth-order valence-electron chi connectivity index (χ4n) is 5.08. The number of aliphatic imine (C=N–C) groups is 1. The first-order valence-corrected chi connectivity index (χ1v) is 11.1. The number of hydrogen-bond donors (Lipinski definition) is 1. The number of carbonyl (C=O) groups is 1. The number of fused-ring (bicyclic) bond motifs is 1. The number of piperidine rings is 1. The van der Waals surface area contributed by atoms with E-state index < -0.39 is 11.5 Å². The third kappa shape index (κ3) is 3.82. The van der Waals surface area contributed by atoms with Crippen LogP contribution in [0, 0.1) is 17.2 Å². The van der Waals surface area contributed by atoms with Crippen molar-refractivity contribution in [2.24, 2.45) is 10.9 Å². The lowest BCUT2D eigenvalue weighted by Crippen LogP contribution is -2.60. The summed E-state index contributed by atoms with van der Waals surface area (Å²) in [6.45, 7) is 4.12. The Balaban J connectivity index is 1.36. The topological polar surface area (TPSA) is 71.7 Å². The van der Waals surface area contributed by atoms with Gasteiger partial charge < -0.3 is 4.90 Å². The van der Waals surface area contributed by atoms with Crippen LogP contribution in [0.4, 0.5) is 0 Å². The van der Waals surface area contributed by atoms with Crippen LogP contribution in [0.1, 0.15) is 29.5 Å². The first kappa shape index (κ1) is 19.8. The van der Waals surface area contributed by atoms with Gasteiger partial charge in [-0.3, -0.25) is 15.0 Å². The lowest BCUT2D eigenvalue weighted by atomic mass is 9.76. The molecule has 1 atom stereocenters. The Bertz CT molecular complexity index is 1030. The maximum Gasteiger partial charge on any atom is 0.246 e. The van der Waals surface area contributed by atoms with Gasteiger partial charge in [-0.15, -0.1) is 0 Å². The van der Waals surface area contributed by atoms with E-state index >= 15 is 0 Å². The van der Waals surface area contributed by atoms with Crippen molar-refractivity contribution in [3.8, 4) is 6.07 Å². The number of guanidine groups is 1. The van der Waals surface area contributed by atoms with E-state index in [1.807, 2.05) is 6.07 Å². The molecule has 0 radical (unpaired) electrons. The van der Waals surface area contributed by atoms with E-state index in [9.17, 15) is 10.1 Å². The molecule has 0 aromatic heterocycles. The van der Waals surface area contributed by atoms with Gasteiger partial charge in [0.15, 0.2) is 5.92 Å². The van der Waals surface area contributed by atoms with Crippen LogP contribution in [0.5, 0.6) is 0 Å². The van der Waals surface area contributed by atoms with E-state index in [-0.39, 0.29) is 5.91 Å². The highest BCUT2D eigenvalue weighted by Crippen LogP contribution is 2.37. The highest BCUT2D eigenvalue weighted by molar-refractivity contribution is 6.02. The average molecular weight is 414 g/mol. The number of benzene rings is 2. The minimum absolute atomic E-state index is 0.206. The molecule has 31 heavy (non-hydrogen) atoms. The maximum atomic E-state index is 12.9. The molecule has 3 heterocycles. The van der Waals surface area contributed by atoms with Crippen molar-refractivity contribution in [3.63, 3.8) is 0 Å². The van der Waals surface area contributed by atoms with Crippen molar-refractivity contribution in [1.82, 2.24) is 15.1 Å². The van der Waals surface area contributed by atoms with Crippen molar-refractivity contribution in [1.29, 1.82) is 5.26 Å². The second-order valence-electron chi connectivity index (χ2n) is 8.79. The number of nitrogens with one attached hydrogen (secondary N) is 1. The predicted octanol–water partition coefficient (Wildman–Crippen LogP) is 2.71. The Morgan fingerprint density at radius 1 is 1.03 bits per heavy atom. The summed E-state index contributed by atoms with van der Waals surface area (Å²) < 4.78 is 0. The number of hydrogen-bond acceptors (Lipinski definition) is 5. The molecule has 0 aliphatic carbocycles. The van der Waals surface area contributed by atoms with Gasteiger partial charge in [-0.2, -0.15) is 5.26 Å². The van der Waals surface area contributed by atoms with Gasteiger partial charge in [0.1, 0.15) is 0 Å². The van der Waals surface area contributed by atoms with Crippen molar-refractivity contribution in [3.05, 3.63) is 71.3 Å². The average Bonchev–Trinajstić information content (AvgIpc) is 2.81. The predicted molar refractivity (Wildman–Crippen MR) is 119 cm³/mol. The maximum absolute atomic E-state index is 12.9. The summed E-state index contributed by atoms with van der Waals surface area (Å²) in [7, 11) is 0. The lowest BCUT2D eigenvalue weighted by molar-refractivity contribution is -0.125. The molecule has 6 nitrogen and oxygen atoms in total. The Morgan fingerprint density at radius 3 is 2.48 bits per heavy atom. The minimum Gasteiger partial charge on any atom is -0.338 e. The molecule has 5 rings (SSSR count). The Morgan fingerprint density at radius 2 is 1.74 bits per heavy atom. The molecule has 1 amide bonds. The summed E-state index contributed by atoms with van der Waals surface area (Å²) >= 11 is 0. The smallest absolute Gasteiger partial charge is 0.246 e. The third-order valence-electron chi connectivity index (χ3n) is 6.89. The summed E-state index contributed by atoms with van der Waals surface area (Å²) in [4.78, 5) is 22.5. The van der Waals surface area contributed by atoms with Crippen molar-refractivity contribution >= 4 is 11.9 Å². The number of nitriles is 1. The Hall–Kier alpha value is -3.17. The largest absolute Gasteiger partial charge is 0.338 e. The van der Waals surface area contributed by atoms with E-state index in [0.29, 0.717) is 5.96 Å². The number of nitrogens with zero attached hydrogens (tertiary/aromatic N) is 4. The molecule has 0 saturated carbocycles. The zero-order valence-corrected chi connectivity index (χ0v) is 17.6. The molecule has 158 valence electrons. The highest BCUT2D eigenvalue weighted by atomic mass is 16.2. The van der Waals surface area contributed by atoms with Crippen LogP contribution in [0.2, 0.25) is 0 Å². The lowest BCUT2D eigenvalue weighted by Gasteiger charge is -2.45. The summed E-state index contributed by atoms with van der Waals surface area (Å²) in [5.41, 5.74) is 3.30. The highest BCUT2D eigenvalue weighted by Gasteiger charge is 2.49. The molecule has 1 N–H and O–H groups in total. The number of amides is 1. The van der Waals surface area contributed by atoms with Gasteiger partial charge in [-0.05, 0) is 36.0 Å². The number of carbonyl (C=O) groups excluding carboxylic acids is 1. The molecule has 3 aliphatic heterocycles. The van der Waals surface area contributed by atoms with E-state index in [2.05, 4.69) is 69.7 Å². The second kappa shape index (κ2) is 8.16. The Labute approximate surface area is 183 Å². The van der Waals surface area contributed by atoms with Crippen LogP contribution in [0.3, 0.4) is 0 Å². The Kier molecular flexibility index (Phi) is 5.21. The third-order valence-corrected chi connectivity index (χ3v) is 6.89. The second-order valence-corrected chi connectivity index (χ2v) is 8.79. The van der Waals surface area contributed by atoms with Gasteiger partial charge in [0, 0.05) is 32.7 Å². The van der Waals surface area contributed by atoms with Gasteiger partial charge >= 0.3 is 0 Å². The van der Waals surface area contributed by atoms with Gasteiger partial charge in [0.2, 0.25) is 11.9 Å². The van der Waals surface area contributed by atoms with E-state index in [1.54, 1.807) is 0 Å². The fourth-order valence-corrected chi connectivity index (χ4v) is 5.08. The molecule has 2 aromatic carbocycles. The van der Waals surface area contributed by atoms with Crippen molar-refractivity contribution in [2.75, 3.05) is 19.6 Å². The van der Waals surface area contributed by atoms with E-state index in [4.69, 9.17) is 4.99 Å². The normalized spacial score (nSPS) is 22.9. The fraction of sp³-hybridized carbons (Fsp3) is 0.400. The zero-order chi connectivity index (χ0) is 21.3. The first-order valence-electron chi connectivity index (χ1n) is 11.1. The standard InChI is InChI=1S/C25H27N5O/c26-16-22-23(31)27-24(30-13-10-20-8-4-5-9-21(20)18-30)28-25(22)11-14-29(15-12-25)17-19-6-2-1-3-7-19/h1-9,22H,10-15,17-18H2,(H,27,28,31). The van der Waals surface area contributed by atoms with E-state index in [1.165, 1.54) is 16.7 Å². The van der Waals surface area contributed by atoms with Crippen molar-refractivity contribution in [2.45, 2.75) is 37.9 Å². The van der Waals surface area contributed by atoms with Crippen LogP contribution in [-0.4, -0.2) is 46.8 Å². The van der Waals surface area contributed by atoms with Gasteiger partial charge in [-0.25, -0.2) is 4.99 Å². The van der Waals surface area contributed by atoms with Crippen LogP contribution >= 0.6 is 0 Å². The minimum atomic E-state index is -0.729. The van der Waals surface area contributed by atoms with Gasteiger partial charge in [0.25, 0.3) is 0 Å². The SMILES string of the molecule is N#CC1C(=O)NC(N2CCc3ccccc3C2)=NC12CCN(Cc1ccccc1)CC2. The van der Waals surface area contributed by atoms with Crippen LogP contribution in [0.25, 0.3) is 0 Å². The molecule has 1 saturated heterocycles. The van der Waals surface area contributed by atoms with Crippen LogP contribution < -0.4 is 5.32 Å². The summed E-state index contributed by atoms with van der Waals surface area (Å²) in [6, 6.07) is 21.1. The number of likely N-dealkylation sites (tertiary alicyclic amines) is 1. The first-order chi connectivity index (χ1) is 15.2. The van der Waals surface area contributed by atoms with Crippen LogP contribution in [-0.2, 0) is 24.3 Å². The quantitative estimate of drug-likeness (QED) is 0.822. The molecule has 3 aliphatic rings. The van der Waals surface area contributed by atoms with Crippen LogP contribution in [0.15, 0.2) is 59.6 Å². The molecular formula is C25H27N5O. The zero-order valence-electron chi connectivity index (χ0n) is 17.6. The van der Waals surface area contributed by atoms with Gasteiger partial charge in [-0.1, -0.05) is 54.6 Å². The van der Waals surface area contributed by atoms with E-state index in [0.717, 1.165) is 52.0 Å². The summed E-state index contributed by atoms with van der Waals surface area (Å²) in [6.07, 6.45) is 2.38. The molecular weight excluding hydrogens is 386 g/mol. The molecule has 1 fully saturated rings. The number of rotatable bonds is 2. The summed E-state index contributed by atoms with van der Waals surface area (Å²) in [5.74, 6) is -0.294. The van der Waals surface area contributed by atoms with Crippen molar-refractivity contribution < 1.29 is 4.79 Å². The molecule has 2 aromatic rings. The summed E-state index contributed by atoms with van der Waals surface area (Å²) in [5, 5.41) is 12.7. The molecule has 6 heteroatoms. The molecule has 0 bridgehead atoms. The molecule has 1 unspecified atom stereocenters. The van der Waals surface area contributed by atoms with Gasteiger partial charge in [0.05, 0.1) is 11.6 Å². The monoisotopic (exact) mass is 413 g/mol.